The van der Waals surface area contributed by atoms with Crippen molar-refractivity contribution in [1.29, 1.82) is 0 Å². The molecule has 1 N–H and O–H groups in total. The zero-order valence-electron chi connectivity index (χ0n) is 18.8. The van der Waals surface area contributed by atoms with E-state index in [1.807, 2.05) is 6.92 Å². The molecule has 2 unspecified atom stereocenters. The lowest BCUT2D eigenvalue weighted by Gasteiger charge is -2.39. The molecule has 0 saturated heterocycles. The number of nitrogens with zero attached hydrogens (tertiary/aromatic N) is 1. The van der Waals surface area contributed by atoms with Crippen molar-refractivity contribution < 1.29 is 16.8 Å². The summed E-state index contributed by atoms with van der Waals surface area (Å²) in [5.74, 6) is 0.437. The summed E-state index contributed by atoms with van der Waals surface area (Å²) >= 11 is 0.937. The molecule has 1 heterocycles. The molecule has 172 valence electrons. The Hall–Kier alpha value is -1.45. The van der Waals surface area contributed by atoms with Gasteiger partial charge < -0.3 is 5.32 Å². The Bertz CT molecular complexity index is 1130. The van der Waals surface area contributed by atoms with Crippen molar-refractivity contribution in [2.75, 3.05) is 11.1 Å². The van der Waals surface area contributed by atoms with Gasteiger partial charge in [-0.05, 0) is 56.1 Å². The summed E-state index contributed by atoms with van der Waals surface area (Å²) in [6, 6.07) is 6.60. The van der Waals surface area contributed by atoms with E-state index in [1.54, 1.807) is 31.2 Å². The number of thiazole rings is 1. The number of anilines is 1. The SMILES string of the molecule is CCCS(=O)(=O)c1nc(S(=O)(=O)c2ccc(C)cc2)c(NC2CC(C)CC(C)(C)C2)s1. The minimum atomic E-state index is -3.96. The van der Waals surface area contributed by atoms with Crippen LogP contribution in [-0.2, 0) is 19.7 Å². The molecule has 2 atom stereocenters. The Kier molecular flexibility index (Phi) is 6.89. The van der Waals surface area contributed by atoms with Crippen LogP contribution in [0.1, 0.15) is 58.9 Å². The van der Waals surface area contributed by atoms with Crippen molar-refractivity contribution in [1.82, 2.24) is 4.98 Å². The number of aromatic nitrogens is 1. The van der Waals surface area contributed by atoms with Crippen molar-refractivity contribution in [3.8, 4) is 0 Å². The van der Waals surface area contributed by atoms with E-state index in [0.29, 0.717) is 17.3 Å². The molecular formula is C22H32N2O4S3. The molecular weight excluding hydrogens is 452 g/mol. The number of hydrogen-bond acceptors (Lipinski definition) is 7. The van der Waals surface area contributed by atoms with Gasteiger partial charge in [0.25, 0.3) is 0 Å². The third kappa shape index (κ3) is 5.49. The molecule has 0 aliphatic heterocycles. The summed E-state index contributed by atoms with van der Waals surface area (Å²) in [6.07, 6.45) is 3.34. The molecule has 0 bridgehead atoms. The van der Waals surface area contributed by atoms with Crippen molar-refractivity contribution in [3.05, 3.63) is 29.8 Å². The molecule has 0 radical (unpaired) electrons. The van der Waals surface area contributed by atoms with Crippen LogP contribution in [0.5, 0.6) is 0 Å². The molecule has 9 heteroatoms. The highest BCUT2D eigenvalue weighted by molar-refractivity contribution is 7.94. The Morgan fingerprint density at radius 3 is 2.35 bits per heavy atom. The average molecular weight is 485 g/mol. The summed E-state index contributed by atoms with van der Waals surface area (Å²) in [6.45, 7) is 10.3. The van der Waals surface area contributed by atoms with Gasteiger partial charge in [0.2, 0.25) is 24.0 Å². The molecule has 2 aromatic rings. The molecule has 1 fully saturated rings. The van der Waals surface area contributed by atoms with E-state index in [1.165, 1.54) is 0 Å². The quantitative estimate of drug-likeness (QED) is 0.588. The van der Waals surface area contributed by atoms with Crippen LogP contribution >= 0.6 is 11.3 Å². The molecule has 1 saturated carbocycles. The van der Waals surface area contributed by atoms with Crippen LogP contribution in [0.2, 0.25) is 0 Å². The highest BCUT2D eigenvalue weighted by Gasteiger charge is 2.35. The number of sulfone groups is 2. The molecule has 0 spiro atoms. The van der Waals surface area contributed by atoms with E-state index < -0.39 is 19.7 Å². The van der Waals surface area contributed by atoms with Crippen molar-refractivity contribution in [3.63, 3.8) is 0 Å². The number of aryl methyl sites for hydroxylation is 1. The van der Waals surface area contributed by atoms with Gasteiger partial charge in [-0.1, -0.05) is 56.7 Å². The first-order valence-corrected chi connectivity index (χ1v) is 14.6. The molecule has 1 aliphatic rings. The third-order valence-electron chi connectivity index (χ3n) is 5.62. The van der Waals surface area contributed by atoms with Gasteiger partial charge in [0, 0.05) is 6.04 Å². The molecule has 1 aromatic carbocycles. The van der Waals surface area contributed by atoms with Gasteiger partial charge in [-0.25, -0.2) is 21.8 Å². The van der Waals surface area contributed by atoms with Gasteiger partial charge in [0.15, 0.2) is 5.03 Å². The van der Waals surface area contributed by atoms with E-state index in [0.717, 1.165) is 36.2 Å². The lowest BCUT2D eigenvalue weighted by molar-refractivity contribution is 0.178. The Morgan fingerprint density at radius 2 is 1.77 bits per heavy atom. The van der Waals surface area contributed by atoms with Crippen molar-refractivity contribution >= 4 is 36.0 Å². The van der Waals surface area contributed by atoms with E-state index in [-0.39, 0.29) is 31.5 Å². The lowest BCUT2D eigenvalue weighted by atomic mass is 9.71. The molecule has 0 amide bonds. The Labute approximate surface area is 190 Å². The highest BCUT2D eigenvalue weighted by Crippen LogP contribution is 2.42. The van der Waals surface area contributed by atoms with Crippen LogP contribution in [0.4, 0.5) is 5.00 Å². The summed E-state index contributed by atoms with van der Waals surface area (Å²) < 4.78 is 52.0. The second-order valence-electron chi connectivity index (χ2n) is 9.50. The Morgan fingerprint density at radius 1 is 1.13 bits per heavy atom. The fourth-order valence-electron chi connectivity index (χ4n) is 4.52. The predicted octanol–water partition coefficient (Wildman–Crippen LogP) is 5.09. The van der Waals surface area contributed by atoms with E-state index >= 15 is 0 Å². The van der Waals surface area contributed by atoms with Gasteiger partial charge in [-0.2, -0.15) is 0 Å². The normalized spacial score (nSPS) is 21.7. The van der Waals surface area contributed by atoms with Crippen LogP contribution in [0, 0.1) is 18.3 Å². The molecule has 3 rings (SSSR count). The van der Waals surface area contributed by atoms with Crippen molar-refractivity contribution in [2.45, 2.75) is 80.6 Å². The fourth-order valence-corrected chi connectivity index (χ4v) is 8.94. The number of benzene rings is 1. The van der Waals surface area contributed by atoms with Gasteiger partial charge in [0.1, 0.15) is 5.00 Å². The first kappa shape index (κ1) is 24.2. The zero-order valence-corrected chi connectivity index (χ0v) is 21.3. The van der Waals surface area contributed by atoms with Crippen molar-refractivity contribution in [2.24, 2.45) is 11.3 Å². The standard InChI is InChI=1S/C22H32N2O4S3/c1-6-11-30(25,26)21-24-20(31(27,28)18-9-7-15(2)8-10-18)19(29-21)23-17-12-16(3)13-22(4,5)14-17/h7-10,16-17,23H,6,11-14H2,1-5H3. The fraction of sp³-hybridized carbons (Fsp3) is 0.591. The van der Waals surface area contributed by atoms with Gasteiger partial charge in [-0.3, -0.25) is 0 Å². The smallest absolute Gasteiger partial charge is 0.226 e. The maximum Gasteiger partial charge on any atom is 0.226 e. The summed E-state index contributed by atoms with van der Waals surface area (Å²) in [7, 11) is -7.59. The minimum absolute atomic E-state index is 0.0581. The lowest BCUT2D eigenvalue weighted by Crippen LogP contribution is -2.35. The van der Waals surface area contributed by atoms with E-state index in [2.05, 4.69) is 31.1 Å². The van der Waals surface area contributed by atoms with Crippen LogP contribution in [0.3, 0.4) is 0 Å². The minimum Gasteiger partial charge on any atom is -0.372 e. The monoisotopic (exact) mass is 484 g/mol. The first-order chi connectivity index (χ1) is 14.3. The molecule has 1 aliphatic carbocycles. The molecule has 31 heavy (non-hydrogen) atoms. The maximum absolute atomic E-state index is 13.4. The summed E-state index contributed by atoms with van der Waals surface area (Å²) in [4.78, 5) is 4.29. The zero-order chi connectivity index (χ0) is 23.0. The second kappa shape index (κ2) is 8.83. The van der Waals surface area contributed by atoms with Gasteiger partial charge in [0.05, 0.1) is 10.6 Å². The van der Waals surface area contributed by atoms with Crippen LogP contribution in [-0.4, -0.2) is 33.6 Å². The topological polar surface area (TPSA) is 93.2 Å². The largest absolute Gasteiger partial charge is 0.372 e. The summed E-state index contributed by atoms with van der Waals surface area (Å²) in [5.41, 5.74) is 1.08. The van der Waals surface area contributed by atoms with Gasteiger partial charge >= 0.3 is 0 Å². The van der Waals surface area contributed by atoms with E-state index in [4.69, 9.17) is 0 Å². The maximum atomic E-state index is 13.4. The molecule has 1 aromatic heterocycles. The predicted molar refractivity (Wildman–Crippen MR) is 125 cm³/mol. The van der Waals surface area contributed by atoms with Gasteiger partial charge in [-0.15, -0.1) is 0 Å². The van der Waals surface area contributed by atoms with E-state index in [9.17, 15) is 16.8 Å². The average Bonchev–Trinajstić information content (AvgIpc) is 3.06. The first-order valence-electron chi connectivity index (χ1n) is 10.7. The summed E-state index contributed by atoms with van der Waals surface area (Å²) in [5, 5.41) is 3.51. The van der Waals surface area contributed by atoms with Crippen LogP contribution in [0.25, 0.3) is 0 Å². The molecule has 6 nitrogen and oxygen atoms in total. The van der Waals surface area contributed by atoms with Crippen LogP contribution < -0.4 is 5.32 Å². The highest BCUT2D eigenvalue weighted by atomic mass is 32.2. The second-order valence-corrected chi connectivity index (χ2v) is 14.7. The van der Waals surface area contributed by atoms with Crippen LogP contribution in [0.15, 0.2) is 38.5 Å². The number of hydrogen-bond donors (Lipinski definition) is 1. The Balaban J connectivity index is 2.07. The number of rotatable bonds is 7. The third-order valence-corrected chi connectivity index (χ3v) is 10.8. The number of nitrogens with one attached hydrogen (secondary N) is 1.